The van der Waals surface area contributed by atoms with Crippen LogP contribution in [-0.2, 0) is 0 Å². The number of aryl methyl sites for hydroxylation is 2. The Labute approximate surface area is 150 Å². The van der Waals surface area contributed by atoms with E-state index in [0.29, 0.717) is 22.4 Å². The van der Waals surface area contributed by atoms with Gasteiger partial charge in [0.05, 0.1) is 5.56 Å². The van der Waals surface area contributed by atoms with Crippen LogP contribution in [0.2, 0.25) is 0 Å². The summed E-state index contributed by atoms with van der Waals surface area (Å²) in [7, 11) is 0. The van der Waals surface area contributed by atoms with Gasteiger partial charge in [-0.25, -0.2) is 4.39 Å². The number of carbonyl (C=O) groups is 1. The maximum absolute atomic E-state index is 14.1. The highest BCUT2D eigenvalue weighted by molar-refractivity contribution is 6.32. The number of allylic oxidation sites excluding steroid dienone is 1. The third kappa shape index (κ3) is 3.54. The Morgan fingerprint density at radius 3 is 2.31 bits per heavy atom. The molecule has 0 aliphatic heterocycles. The molecule has 1 N–H and O–H groups in total. The standard InChI is InChI=1S/C22H18FNO2/c1-14-12-15(2)24-22(26)20(14)21(25)18(16-8-4-3-5-9-16)13-17-10-6-7-11-19(17)23/h3-13H,1-2H3,(H,24,26)/b18-13+. The Bertz CT molecular complexity index is 1050. The lowest BCUT2D eigenvalue weighted by molar-refractivity contribution is 0.105. The number of H-pyrrole nitrogens is 1. The summed E-state index contributed by atoms with van der Waals surface area (Å²) in [5.41, 5.74) is 2.09. The van der Waals surface area contributed by atoms with E-state index in [0.717, 1.165) is 0 Å². The SMILES string of the molecule is Cc1cc(C)c(C(=O)/C(=C/c2ccccc2F)c2ccccc2)c(=O)[nH]1. The number of benzene rings is 2. The van der Waals surface area contributed by atoms with Crippen LogP contribution in [0.5, 0.6) is 0 Å². The molecule has 4 heteroatoms. The van der Waals surface area contributed by atoms with Crippen molar-refractivity contribution in [3.05, 3.63) is 105 Å². The minimum atomic E-state index is -0.442. The molecule has 3 nitrogen and oxygen atoms in total. The molecule has 0 unspecified atom stereocenters. The fourth-order valence-corrected chi connectivity index (χ4v) is 2.92. The van der Waals surface area contributed by atoms with Crippen molar-refractivity contribution in [3.8, 4) is 0 Å². The zero-order valence-electron chi connectivity index (χ0n) is 14.5. The van der Waals surface area contributed by atoms with E-state index in [1.807, 2.05) is 6.07 Å². The van der Waals surface area contributed by atoms with Gasteiger partial charge < -0.3 is 4.98 Å². The van der Waals surface area contributed by atoms with Gasteiger partial charge in [-0.3, -0.25) is 9.59 Å². The Morgan fingerprint density at radius 1 is 1.00 bits per heavy atom. The van der Waals surface area contributed by atoms with E-state index in [1.165, 1.54) is 12.1 Å². The Kier molecular flexibility index (Phi) is 4.94. The lowest BCUT2D eigenvalue weighted by atomic mass is 9.93. The molecule has 1 aromatic heterocycles. The number of Topliss-reactive ketones (excluding diaryl/α,β-unsaturated/α-hetero) is 1. The first-order valence-electron chi connectivity index (χ1n) is 8.24. The van der Waals surface area contributed by atoms with Crippen LogP contribution in [0.1, 0.15) is 32.7 Å². The quantitative estimate of drug-likeness (QED) is 0.427. The molecule has 0 saturated heterocycles. The van der Waals surface area contributed by atoms with E-state index < -0.39 is 17.2 Å². The Balaban J connectivity index is 2.21. The zero-order valence-corrected chi connectivity index (χ0v) is 14.5. The highest BCUT2D eigenvalue weighted by atomic mass is 19.1. The summed E-state index contributed by atoms with van der Waals surface area (Å²) in [6, 6.07) is 16.9. The van der Waals surface area contributed by atoms with Gasteiger partial charge in [-0.05, 0) is 43.2 Å². The van der Waals surface area contributed by atoms with Crippen molar-refractivity contribution in [2.75, 3.05) is 0 Å². The molecular formula is C22H18FNO2. The molecule has 0 saturated carbocycles. The van der Waals surface area contributed by atoms with Gasteiger partial charge in [0.25, 0.3) is 5.56 Å². The fraction of sp³-hybridized carbons (Fsp3) is 0.0909. The first-order valence-corrected chi connectivity index (χ1v) is 8.24. The number of halogens is 1. The number of aromatic amines is 1. The van der Waals surface area contributed by atoms with Gasteiger partial charge in [0.15, 0.2) is 5.78 Å². The number of hydrogen-bond acceptors (Lipinski definition) is 2. The number of rotatable bonds is 4. The number of hydrogen-bond donors (Lipinski definition) is 1. The van der Waals surface area contributed by atoms with E-state index in [2.05, 4.69) is 4.98 Å². The smallest absolute Gasteiger partial charge is 0.259 e. The molecule has 0 aliphatic rings. The Hall–Kier alpha value is -3.27. The maximum Gasteiger partial charge on any atom is 0.259 e. The topological polar surface area (TPSA) is 49.9 Å². The highest BCUT2D eigenvalue weighted by Crippen LogP contribution is 2.24. The minimum absolute atomic E-state index is 0.0713. The van der Waals surface area contributed by atoms with E-state index in [1.54, 1.807) is 62.4 Å². The summed E-state index contributed by atoms with van der Waals surface area (Å²) >= 11 is 0. The van der Waals surface area contributed by atoms with Crippen LogP contribution in [0, 0.1) is 19.7 Å². The molecule has 0 aliphatic carbocycles. The Morgan fingerprint density at radius 2 is 1.65 bits per heavy atom. The monoisotopic (exact) mass is 347 g/mol. The zero-order chi connectivity index (χ0) is 18.7. The summed E-state index contributed by atoms with van der Waals surface area (Å²) in [6.07, 6.45) is 1.49. The second kappa shape index (κ2) is 7.31. The minimum Gasteiger partial charge on any atom is -0.326 e. The van der Waals surface area contributed by atoms with Crippen LogP contribution in [0.3, 0.4) is 0 Å². The third-order valence-corrected chi connectivity index (χ3v) is 4.13. The predicted molar refractivity (Wildman–Crippen MR) is 102 cm³/mol. The van der Waals surface area contributed by atoms with Crippen LogP contribution in [-0.4, -0.2) is 10.8 Å². The van der Waals surface area contributed by atoms with Gasteiger partial charge in [0, 0.05) is 16.8 Å². The summed E-state index contributed by atoms with van der Waals surface area (Å²) < 4.78 is 14.1. The van der Waals surface area contributed by atoms with E-state index in [-0.39, 0.29) is 11.1 Å². The normalized spacial score (nSPS) is 11.4. The molecule has 0 fully saturated rings. The van der Waals surface area contributed by atoms with Crippen molar-refractivity contribution < 1.29 is 9.18 Å². The molecular weight excluding hydrogens is 329 g/mol. The van der Waals surface area contributed by atoms with Gasteiger partial charge in [-0.15, -0.1) is 0 Å². The molecule has 0 spiro atoms. The molecule has 3 rings (SSSR count). The van der Waals surface area contributed by atoms with Crippen molar-refractivity contribution in [3.63, 3.8) is 0 Å². The second-order valence-electron chi connectivity index (χ2n) is 6.11. The van der Waals surface area contributed by atoms with Crippen molar-refractivity contribution in [1.29, 1.82) is 0 Å². The number of pyridine rings is 1. The average Bonchev–Trinajstić information content (AvgIpc) is 2.60. The summed E-state index contributed by atoms with van der Waals surface area (Å²) in [5.74, 6) is -0.860. The maximum atomic E-state index is 14.1. The van der Waals surface area contributed by atoms with Crippen LogP contribution >= 0.6 is 0 Å². The molecule has 26 heavy (non-hydrogen) atoms. The third-order valence-electron chi connectivity index (χ3n) is 4.13. The molecule has 0 radical (unpaired) electrons. The van der Waals surface area contributed by atoms with Gasteiger partial charge in [0.1, 0.15) is 5.82 Å². The van der Waals surface area contributed by atoms with Crippen LogP contribution in [0.4, 0.5) is 4.39 Å². The van der Waals surface area contributed by atoms with Crippen LogP contribution in [0.25, 0.3) is 11.6 Å². The van der Waals surface area contributed by atoms with Crippen molar-refractivity contribution >= 4 is 17.4 Å². The van der Waals surface area contributed by atoms with E-state index in [4.69, 9.17) is 0 Å². The van der Waals surface area contributed by atoms with Crippen molar-refractivity contribution in [1.82, 2.24) is 4.98 Å². The molecule has 0 amide bonds. The highest BCUT2D eigenvalue weighted by Gasteiger charge is 2.20. The van der Waals surface area contributed by atoms with E-state index in [9.17, 15) is 14.0 Å². The largest absolute Gasteiger partial charge is 0.326 e. The molecule has 0 bridgehead atoms. The molecule has 2 aromatic carbocycles. The van der Waals surface area contributed by atoms with Crippen molar-refractivity contribution in [2.24, 2.45) is 0 Å². The average molecular weight is 347 g/mol. The molecule has 3 aromatic rings. The predicted octanol–water partition coefficient (Wildman–Crippen LogP) is 4.55. The number of aromatic nitrogens is 1. The van der Waals surface area contributed by atoms with Crippen LogP contribution in [0.15, 0.2) is 65.5 Å². The van der Waals surface area contributed by atoms with Gasteiger partial charge >= 0.3 is 0 Å². The van der Waals surface area contributed by atoms with E-state index >= 15 is 0 Å². The van der Waals surface area contributed by atoms with Crippen molar-refractivity contribution in [2.45, 2.75) is 13.8 Å². The molecule has 130 valence electrons. The van der Waals surface area contributed by atoms with Gasteiger partial charge in [-0.1, -0.05) is 48.5 Å². The van der Waals surface area contributed by atoms with Crippen LogP contribution < -0.4 is 5.56 Å². The summed E-state index contributed by atoms with van der Waals surface area (Å²) in [6.45, 7) is 3.48. The lowest BCUT2D eigenvalue weighted by Crippen LogP contribution is -2.21. The fourth-order valence-electron chi connectivity index (χ4n) is 2.92. The lowest BCUT2D eigenvalue weighted by Gasteiger charge is -2.10. The molecule has 1 heterocycles. The van der Waals surface area contributed by atoms with Gasteiger partial charge in [-0.2, -0.15) is 0 Å². The number of carbonyl (C=O) groups excluding carboxylic acids is 1. The number of nitrogens with one attached hydrogen (secondary N) is 1. The summed E-state index contributed by atoms with van der Waals surface area (Å²) in [4.78, 5) is 28.2. The first-order chi connectivity index (χ1) is 12.5. The van der Waals surface area contributed by atoms with Gasteiger partial charge in [0.2, 0.25) is 0 Å². The second-order valence-corrected chi connectivity index (χ2v) is 6.11. The number of ketones is 1. The summed E-state index contributed by atoms with van der Waals surface area (Å²) in [5, 5.41) is 0. The molecule has 0 atom stereocenters. The first kappa shape index (κ1) is 17.5.